The number of nitrogens with zero attached hydrogens (tertiary/aromatic N) is 3. The molecule has 1 saturated heterocycles. The summed E-state index contributed by atoms with van der Waals surface area (Å²) in [5, 5.41) is 9.32. The third-order valence-corrected chi connectivity index (χ3v) is 4.16. The Morgan fingerprint density at radius 3 is 2.81 bits per heavy atom. The van der Waals surface area contributed by atoms with Gasteiger partial charge in [0.25, 0.3) is 5.89 Å². The standard InChI is InChI=1S/C17H19N5O5/c1-2-25-17(24)21-20-14(23)11-5-7-22(8-6-11)16-12(10-18)19-15(27-16)13-4-3-9-26-13/h3-4,9,11H,2,5-8H2,1H3,(H,20,23)(H,21,24). The van der Waals surface area contributed by atoms with E-state index in [1.165, 1.54) is 6.26 Å². The molecule has 0 unspecified atom stereocenters. The van der Waals surface area contributed by atoms with E-state index < -0.39 is 6.09 Å². The zero-order chi connectivity index (χ0) is 19.2. The number of nitrogens with one attached hydrogen (secondary N) is 2. The van der Waals surface area contributed by atoms with Crippen LogP contribution >= 0.6 is 0 Å². The number of piperidine rings is 1. The van der Waals surface area contributed by atoms with Crippen LogP contribution in [-0.4, -0.2) is 36.7 Å². The highest BCUT2D eigenvalue weighted by molar-refractivity contribution is 5.81. The molecule has 3 rings (SSSR count). The van der Waals surface area contributed by atoms with Crippen LogP contribution in [0.3, 0.4) is 0 Å². The van der Waals surface area contributed by atoms with Crippen molar-refractivity contribution in [2.75, 3.05) is 24.6 Å². The lowest BCUT2D eigenvalue weighted by molar-refractivity contribution is -0.126. The molecule has 0 saturated carbocycles. The highest BCUT2D eigenvalue weighted by atomic mass is 16.6. The van der Waals surface area contributed by atoms with Gasteiger partial charge in [0.1, 0.15) is 6.07 Å². The zero-order valence-electron chi connectivity index (χ0n) is 14.7. The van der Waals surface area contributed by atoms with Gasteiger partial charge >= 0.3 is 6.09 Å². The third kappa shape index (κ3) is 4.20. The molecule has 0 aliphatic carbocycles. The minimum atomic E-state index is -0.700. The number of nitriles is 1. The van der Waals surface area contributed by atoms with Crippen molar-refractivity contribution in [1.82, 2.24) is 15.8 Å². The molecule has 142 valence electrons. The van der Waals surface area contributed by atoms with E-state index >= 15 is 0 Å². The molecule has 27 heavy (non-hydrogen) atoms. The van der Waals surface area contributed by atoms with Crippen molar-refractivity contribution in [2.24, 2.45) is 5.92 Å². The molecule has 0 radical (unpaired) electrons. The van der Waals surface area contributed by atoms with Gasteiger partial charge in [-0.05, 0) is 31.9 Å². The van der Waals surface area contributed by atoms with E-state index in [-0.39, 0.29) is 30.0 Å². The highest BCUT2D eigenvalue weighted by Gasteiger charge is 2.29. The van der Waals surface area contributed by atoms with Crippen LogP contribution in [0.1, 0.15) is 25.5 Å². The molecule has 10 nitrogen and oxygen atoms in total. The summed E-state index contributed by atoms with van der Waals surface area (Å²) in [6, 6.07) is 5.43. The number of oxazole rings is 1. The Morgan fingerprint density at radius 2 is 2.19 bits per heavy atom. The van der Waals surface area contributed by atoms with Crippen molar-refractivity contribution < 1.29 is 23.2 Å². The van der Waals surface area contributed by atoms with E-state index in [9.17, 15) is 14.9 Å². The summed E-state index contributed by atoms with van der Waals surface area (Å²) >= 11 is 0. The van der Waals surface area contributed by atoms with Crippen molar-refractivity contribution in [3.8, 4) is 17.7 Å². The Morgan fingerprint density at radius 1 is 1.41 bits per heavy atom. The molecule has 2 aromatic rings. The molecule has 1 aliphatic rings. The molecule has 0 aromatic carbocycles. The largest absolute Gasteiger partial charge is 0.459 e. The van der Waals surface area contributed by atoms with E-state index in [1.54, 1.807) is 19.1 Å². The fourth-order valence-corrected chi connectivity index (χ4v) is 2.83. The molecular formula is C17H19N5O5. The lowest BCUT2D eigenvalue weighted by Gasteiger charge is -2.30. The number of amides is 2. The second-order valence-corrected chi connectivity index (χ2v) is 5.86. The fourth-order valence-electron chi connectivity index (χ4n) is 2.83. The van der Waals surface area contributed by atoms with Crippen molar-refractivity contribution in [1.29, 1.82) is 5.26 Å². The highest BCUT2D eigenvalue weighted by Crippen LogP contribution is 2.31. The number of carbonyl (C=O) groups excluding carboxylic acids is 2. The first-order valence-corrected chi connectivity index (χ1v) is 8.54. The zero-order valence-corrected chi connectivity index (χ0v) is 14.7. The fraction of sp³-hybridized carbons (Fsp3) is 0.412. The molecule has 1 fully saturated rings. The number of aromatic nitrogens is 1. The molecule has 0 bridgehead atoms. The number of hydrogen-bond donors (Lipinski definition) is 2. The Hall–Kier alpha value is -3.48. The summed E-state index contributed by atoms with van der Waals surface area (Å²) < 4.78 is 15.6. The minimum Gasteiger partial charge on any atom is -0.459 e. The van der Waals surface area contributed by atoms with E-state index in [2.05, 4.69) is 20.6 Å². The van der Waals surface area contributed by atoms with Gasteiger partial charge in [0.05, 0.1) is 12.9 Å². The Balaban J connectivity index is 1.58. The van der Waals surface area contributed by atoms with Gasteiger partial charge in [-0.3, -0.25) is 10.2 Å². The first-order valence-electron chi connectivity index (χ1n) is 8.54. The SMILES string of the molecule is CCOC(=O)NNC(=O)C1CCN(c2oc(-c3ccco3)nc2C#N)CC1. The van der Waals surface area contributed by atoms with Crippen LogP contribution < -0.4 is 15.8 Å². The van der Waals surface area contributed by atoms with E-state index in [4.69, 9.17) is 8.83 Å². The lowest BCUT2D eigenvalue weighted by atomic mass is 9.96. The lowest BCUT2D eigenvalue weighted by Crippen LogP contribution is -2.47. The first kappa shape index (κ1) is 18.3. The minimum absolute atomic E-state index is 0.174. The van der Waals surface area contributed by atoms with Crippen LogP contribution in [0, 0.1) is 17.2 Å². The van der Waals surface area contributed by atoms with Crippen LogP contribution in [0.2, 0.25) is 0 Å². The van der Waals surface area contributed by atoms with Gasteiger partial charge in [0, 0.05) is 19.0 Å². The first-order chi connectivity index (χ1) is 13.1. The average Bonchev–Trinajstić information content (AvgIpc) is 3.35. The number of carbonyl (C=O) groups is 2. The predicted octanol–water partition coefficient (Wildman–Crippen LogP) is 1.80. The van der Waals surface area contributed by atoms with E-state index in [1.807, 2.05) is 11.0 Å². The summed E-state index contributed by atoms with van der Waals surface area (Å²) in [5.74, 6) is 0.507. The van der Waals surface area contributed by atoms with Crippen LogP contribution in [0.15, 0.2) is 27.2 Å². The van der Waals surface area contributed by atoms with Gasteiger partial charge in [-0.1, -0.05) is 0 Å². The second kappa shape index (κ2) is 8.27. The normalized spacial score (nSPS) is 14.4. The number of furan rings is 1. The van der Waals surface area contributed by atoms with Gasteiger partial charge in [-0.25, -0.2) is 10.2 Å². The second-order valence-electron chi connectivity index (χ2n) is 5.86. The van der Waals surface area contributed by atoms with E-state index in [0.29, 0.717) is 37.6 Å². The molecule has 0 atom stereocenters. The van der Waals surface area contributed by atoms with Gasteiger partial charge in [-0.15, -0.1) is 0 Å². The number of hydrazine groups is 1. The number of anilines is 1. The molecule has 1 aliphatic heterocycles. The van der Waals surface area contributed by atoms with Crippen LogP contribution in [-0.2, 0) is 9.53 Å². The monoisotopic (exact) mass is 373 g/mol. The van der Waals surface area contributed by atoms with Crippen LogP contribution in [0.5, 0.6) is 0 Å². The number of rotatable bonds is 4. The molecular weight excluding hydrogens is 354 g/mol. The van der Waals surface area contributed by atoms with Crippen molar-refractivity contribution in [3.05, 3.63) is 24.1 Å². The molecule has 10 heteroatoms. The average molecular weight is 373 g/mol. The van der Waals surface area contributed by atoms with Crippen LogP contribution in [0.4, 0.5) is 10.7 Å². The Kier molecular flexibility index (Phi) is 5.61. The van der Waals surface area contributed by atoms with Gasteiger partial charge in [0.2, 0.25) is 17.5 Å². The molecule has 2 aromatic heterocycles. The van der Waals surface area contributed by atoms with Gasteiger partial charge in [-0.2, -0.15) is 10.2 Å². The molecule has 2 amide bonds. The Labute approximate surface area is 155 Å². The van der Waals surface area contributed by atoms with Crippen molar-refractivity contribution in [2.45, 2.75) is 19.8 Å². The van der Waals surface area contributed by atoms with Gasteiger partial charge < -0.3 is 18.5 Å². The van der Waals surface area contributed by atoms with Gasteiger partial charge in [0.15, 0.2) is 5.76 Å². The molecule has 2 N–H and O–H groups in total. The smallest absolute Gasteiger partial charge is 0.426 e. The molecule has 0 spiro atoms. The van der Waals surface area contributed by atoms with Crippen molar-refractivity contribution >= 4 is 17.9 Å². The summed E-state index contributed by atoms with van der Waals surface area (Å²) in [6.07, 6.45) is 1.88. The van der Waals surface area contributed by atoms with Crippen molar-refractivity contribution in [3.63, 3.8) is 0 Å². The topological polar surface area (TPSA) is 134 Å². The Bertz CT molecular complexity index is 831. The summed E-state index contributed by atoms with van der Waals surface area (Å²) in [7, 11) is 0. The predicted molar refractivity (Wildman–Crippen MR) is 92.2 cm³/mol. The summed E-state index contributed by atoms with van der Waals surface area (Å²) in [5.41, 5.74) is 4.73. The maximum Gasteiger partial charge on any atom is 0.426 e. The van der Waals surface area contributed by atoms with E-state index in [0.717, 1.165) is 0 Å². The van der Waals surface area contributed by atoms with Crippen LogP contribution in [0.25, 0.3) is 11.7 Å². The maximum absolute atomic E-state index is 12.1. The summed E-state index contributed by atoms with van der Waals surface area (Å²) in [6.45, 7) is 2.92. The quantitative estimate of drug-likeness (QED) is 0.775. The number of hydrogen-bond acceptors (Lipinski definition) is 8. The third-order valence-electron chi connectivity index (χ3n) is 4.16. The maximum atomic E-state index is 12.1. The summed E-state index contributed by atoms with van der Waals surface area (Å²) in [4.78, 5) is 29.4. The molecule has 3 heterocycles. The number of ether oxygens (including phenoxy) is 1.